The van der Waals surface area contributed by atoms with Gasteiger partial charge in [-0.25, -0.2) is 4.68 Å². The number of piperazine rings is 1. The molecular formula is C18H24N6O3. The topological polar surface area (TPSA) is 99.8 Å². The van der Waals surface area contributed by atoms with Gasteiger partial charge in [0.1, 0.15) is 0 Å². The van der Waals surface area contributed by atoms with Gasteiger partial charge in [0.25, 0.3) is 11.2 Å². The van der Waals surface area contributed by atoms with Crippen LogP contribution in [0.2, 0.25) is 0 Å². The van der Waals surface area contributed by atoms with E-state index in [1.807, 2.05) is 11.9 Å². The summed E-state index contributed by atoms with van der Waals surface area (Å²) in [5.74, 6) is 0. The zero-order chi connectivity index (χ0) is 19.4. The highest BCUT2D eigenvalue weighted by Gasteiger charge is 2.16. The number of hydrazone groups is 1. The summed E-state index contributed by atoms with van der Waals surface area (Å²) < 4.78 is 1.42. The third-order valence-corrected chi connectivity index (χ3v) is 4.65. The fourth-order valence-corrected chi connectivity index (χ4v) is 3.03. The third-order valence-electron chi connectivity index (χ3n) is 4.65. The molecule has 1 aromatic heterocycles. The van der Waals surface area contributed by atoms with Crippen LogP contribution >= 0.6 is 0 Å². The number of benzene rings is 1. The van der Waals surface area contributed by atoms with E-state index >= 15 is 0 Å². The number of aryl methyl sites for hydroxylation is 1. The number of non-ortho nitro benzene ring substituents is 1. The first kappa shape index (κ1) is 18.8. The molecule has 144 valence electrons. The molecule has 2 heterocycles. The maximum absolute atomic E-state index is 12.9. The summed E-state index contributed by atoms with van der Waals surface area (Å²) in [5, 5.41) is 20.4. The number of aromatic nitrogens is 2. The third kappa shape index (κ3) is 4.25. The Morgan fingerprint density at radius 1 is 1.22 bits per heavy atom. The van der Waals surface area contributed by atoms with E-state index in [0.717, 1.165) is 44.7 Å². The van der Waals surface area contributed by atoms with Crippen molar-refractivity contribution in [2.45, 2.75) is 19.8 Å². The van der Waals surface area contributed by atoms with Crippen LogP contribution in [0.3, 0.4) is 0 Å². The first-order chi connectivity index (χ1) is 13.0. The fourth-order valence-electron chi connectivity index (χ4n) is 3.03. The van der Waals surface area contributed by atoms with Crippen molar-refractivity contribution in [2.24, 2.45) is 5.10 Å². The molecule has 0 atom stereocenters. The predicted molar refractivity (Wildman–Crippen MR) is 104 cm³/mol. The van der Waals surface area contributed by atoms with Crippen LogP contribution in [0.4, 0.5) is 5.69 Å². The number of hydrogen-bond donors (Lipinski definition) is 1. The highest BCUT2D eigenvalue weighted by Crippen LogP contribution is 2.15. The van der Waals surface area contributed by atoms with Gasteiger partial charge in [0, 0.05) is 44.0 Å². The molecule has 0 saturated carbocycles. The van der Waals surface area contributed by atoms with Crippen molar-refractivity contribution < 1.29 is 4.92 Å². The average molecular weight is 372 g/mol. The molecule has 3 rings (SSSR count). The second kappa shape index (κ2) is 8.17. The SMILES string of the molecule is CCCc1[nH]n(-c2ccc([N+](=O)[O-])cc2)c(=O)c1/C=N/N1CCN(C)CC1. The molecule has 9 heteroatoms. The lowest BCUT2D eigenvalue weighted by molar-refractivity contribution is -0.384. The van der Waals surface area contributed by atoms with E-state index in [0.29, 0.717) is 11.3 Å². The van der Waals surface area contributed by atoms with Gasteiger partial charge in [-0.2, -0.15) is 5.10 Å². The molecule has 1 saturated heterocycles. The molecule has 1 aliphatic heterocycles. The number of hydrogen-bond acceptors (Lipinski definition) is 6. The summed E-state index contributed by atoms with van der Waals surface area (Å²) >= 11 is 0. The van der Waals surface area contributed by atoms with E-state index in [-0.39, 0.29) is 11.2 Å². The van der Waals surface area contributed by atoms with E-state index < -0.39 is 4.92 Å². The van der Waals surface area contributed by atoms with Crippen molar-refractivity contribution in [3.8, 4) is 5.69 Å². The standard InChI is InChI=1S/C18H24N6O3/c1-3-4-17-16(13-19-22-11-9-21(2)10-12-22)18(25)23(20-17)14-5-7-15(8-6-14)24(26)27/h5-8,13,20H,3-4,9-12H2,1-2H3/b19-13+. The minimum absolute atomic E-state index is 0.0102. The van der Waals surface area contributed by atoms with Crippen LogP contribution < -0.4 is 5.56 Å². The number of nitro benzene ring substituents is 1. The van der Waals surface area contributed by atoms with Gasteiger partial charge < -0.3 is 4.90 Å². The normalized spacial score (nSPS) is 15.6. The number of likely N-dealkylation sites (N-methyl/N-ethyl adjacent to an activating group) is 1. The molecule has 0 amide bonds. The fraction of sp³-hybridized carbons (Fsp3) is 0.444. The first-order valence-corrected chi connectivity index (χ1v) is 9.05. The molecule has 1 aliphatic rings. The first-order valence-electron chi connectivity index (χ1n) is 9.05. The van der Waals surface area contributed by atoms with Crippen molar-refractivity contribution in [3.63, 3.8) is 0 Å². The second-order valence-corrected chi connectivity index (χ2v) is 6.67. The summed E-state index contributed by atoms with van der Waals surface area (Å²) in [4.78, 5) is 25.5. The molecule has 0 bridgehead atoms. The zero-order valence-corrected chi connectivity index (χ0v) is 15.6. The van der Waals surface area contributed by atoms with Crippen LogP contribution in [0.25, 0.3) is 5.69 Å². The van der Waals surface area contributed by atoms with Crippen LogP contribution in [0.15, 0.2) is 34.2 Å². The van der Waals surface area contributed by atoms with E-state index in [4.69, 9.17) is 0 Å². The molecule has 1 N–H and O–H groups in total. The van der Waals surface area contributed by atoms with Crippen molar-refractivity contribution in [1.82, 2.24) is 19.7 Å². The van der Waals surface area contributed by atoms with Gasteiger partial charge in [0.2, 0.25) is 0 Å². The Bertz CT molecular complexity index is 875. The Labute approximate surface area is 157 Å². The van der Waals surface area contributed by atoms with Crippen LogP contribution in [-0.4, -0.2) is 64.1 Å². The Morgan fingerprint density at radius 3 is 2.48 bits per heavy atom. The Morgan fingerprint density at radius 2 is 1.89 bits per heavy atom. The Hall–Kier alpha value is -2.94. The van der Waals surface area contributed by atoms with Crippen LogP contribution in [0.1, 0.15) is 24.6 Å². The van der Waals surface area contributed by atoms with Crippen LogP contribution in [0, 0.1) is 10.1 Å². The largest absolute Gasteiger partial charge is 0.303 e. The monoisotopic (exact) mass is 372 g/mol. The predicted octanol–water partition coefficient (Wildman–Crippen LogP) is 1.61. The molecule has 27 heavy (non-hydrogen) atoms. The molecule has 9 nitrogen and oxygen atoms in total. The van der Waals surface area contributed by atoms with Gasteiger partial charge in [-0.15, -0.1) is 0 Å². The lowest BCUT2D eigenvalue weighted by Crippen LogP contribution is -2.41. The van der Waals surface area contributed by atoms with Crippen LogP contribution in [-0.2, 0) is 6.42 Å². The van der Waals surface area contributed by atoms with Gasteiger partial charge in [-0.05, 0) is 25.6 Å². The molecule has 1 aromatic carbocycles. The van der Waals surface area contributed by atoms with Gasteiger partial charge >= 0.3 is 0 Å². The molecule has 0 unspecified atom stereocenters. The van der Waals surface area contributed by atoms with Gasteiger partial charge in [0.15, 0.2) is 0 Å². The zero-order valence-electron chi connectivity index (χ0n) is 15.6. The maximum Gasteiger partial charge on any atom is 0.280 e. The molecule has 0 spiro atoms. The average Bonchev–Trinajstić information content (AvgIpc) is 2.97. The lowest BCUT2D eigenvalue weighted by Gasteiger charge is -2.30. The summed E-state index contributed by atoms with van der Waals surface area (Å²) in [5.41, 5.74) is 1.70. The van der Waals surface area contributed by atoms with E-state index in [1.54, 1.807) is 18.3 Å². The summed E-state index contributed by atoms with van der Waals surface area (Å²) in [6, 6.07) is 5.90. The maximum atomic E-state index is 12.9. The molecule has 0 aliphatic carbocycles. The number of nitrogens with zero attached hydrogens (tertiary/aromatic N) is 5. The van der Waals surface area contributed by atoms with Crippen molar-refractivity contribution in [1.29, 1.82) is 0 Å². The van der Waals surface area contributed by atoms with Gasteiger partial charge in [0.05, 0.1) is 22.4 Å². The smallest absolute Gasteiger partial charge is 0.280 e. The van der Waals surface area contributed by atoms with Gasteiger partial charge in [-0.3, -0.25) is 25.0 Å². The Kier molecular flexibility index (Phi) is 5.70. The molecule has 2 aromatic rings. The number of nitrogens with one attached hydrogen (secondary N) is 1. The number of rotatable bonds is 6. The molecule has 0 radical (unpaired) electrons. The van der Waals surface area contributed by atoms with Crippen molar-refractivity contribution in [3.05, 3.63) is 56.0 Å². The van der Waals surface area contributed by atoms with Crippen molar-refractivity contribution >= 4 is 11.9 Å². The number of aromatic amines is 1. The van der Waals surface area contributed by atoms with Crippen LogP contribution in [0.5, 0.6) is 0 Å². The second-order valence-electron chi connectivity index (χ2n) is 6.67. The Balaban J connectivity index is 1.89. The summed E-state index contributed by atoms with van der Waals surface area (Å²) in [6.07, 6.45) is 3.24. The van der Waals surface area contributed by atoms with E-state index in [2.05, 4.69) is 22.1 Å². The minimum Gasteiger partial charge on any atom is -0.303 e. The lowest BCUT2D eigenvalue weighted by atomic mass is 10.2. The van der Waals surface area contributed by atoms with E-state index in [9.17, 15) is 14.9 Å². The van der Waals surface area contributed by atoms with Crippen molar-refractivity contribution in [2.75, 3.05) is 33.2 Å². The summed E-state index contributed by atoms with van der Waals surface area (Å²) in [6.45, 7) is 5.59. The highest BCUT2D eigenvalue weighted by molar-refractivity contribution is 5.80. The summed E-state index contributed by atoms with van der Waals surface area (Å²) in [7, 11) is 2.08. The quantitative estimate of drug-likeness (QED) is 0.472. The van der Waals surface area contributed by atoms with E-state index in [1.165, 1.54) is 16.8 Å². The van der Waals surface area contributed by atoms with Gasteiger partial charge in [-0.1, -0.05) is 13.3 Å². The highest BCUT2D eigenvalue weighted by atomic mass is 16.6. The number of H-pyrrole nitrogens is 1. The molecular weight excluding hydrogens is 348 g/mol. The number of nitro groups is 1. The minimum atomic E-state index is -0.460. The molecule has 1 fully saturated rings.